The maximum Gasteiger partial charge on any atom is 0.102 e. The zero-order valence-corrected chi connectivity index (χ0v) is 17.9. The fourth-order valence-corrected chi connectivity index (χ4v) is 3.05. The van der Waals surface area contributed by atoms with Crippen LogP contribution >= 0.6 is 0 Å². The van der Waals surface area contributed by atoms with E-state index >= 15 is 0 Å². The molecule has 5 nitrogen and oxygen atoms in total. The van der Waals surface area contributed by atoms with Gasteiger partial charge in [-0.15, -0.1) is 0 Å². The van der Waals surface area contributed by atoms with E-state index in [9.17, 15) is 9.60 Å². The van der Waals surface area contributed by atoms with Crippen LogP contribution in [0.1, 0.15) is 26.7 Å². The zero-order valence-electron chi connectivity index (χ0n) is 15.1. The summed E-state index contributed by atoms with van der Waals surface area (Å²) in [5.41, 5.74) is 0.0956. The minimum atomic E-state index is -0.270. The molecule has 2 saturated heterocycles. The molecule has 0 atom stereocenters. The van der Waals surface area contributed by atoms with Gasteiger partial charge >= 0.3 is 0 Å². The molecule has 7 heteroatoms. The molecule has 0 amide bonds. The molecule has 0 unspecified atom stereocenters. The van der Waals surface area contributed by atoms with E-state index in [4.69, 9.17) is 0 Å². The minimum absolute atomic E-state index is 0. The molecule has 0 aliphatic carbocycles. The number of likely N-dealkylation sites (N-methyl/N-ethyl adjacent to an activating group) is 1. The van der Waals surface area contributed by atoms with Gasteiger partial charge in [0.05, 0.1) is 0 Å². The SMILES string of the molecule is CC.CN1CCN(CCF)C2(CCN(O)CC2)C1.C[N-]C.[Y]. The van der Waals surface area contributed by atoms with Crippen molar-refractivity contribution in [3.8, 4) is 0 Å². The Morgan fingerprint density at radius 1 is 1.09 bits per heavy atom. The van der Waals surface area contributed by atoms with Crippen LogP contribution in [0.3, 0.4) is 0 Å². The summed E-state index contributed by atoms with van der Waals surface area (Å²) < 4.78 is 12.6. The molecule has 1 spiro atoms. The largest absolute Gasteiger partial charge is 0.668 e. The average molecular weight is 394 g/mol. The number of hydrogen-bond acceptors (Lipinski definition) is 4. The van der Waals surface area contributed by atoms with Gasteiger partial charge in [0, 0.05) is 77.5 Å². The molecule has 2 aliphatic rings. The fourth-order valence-electron chi connectivity index (χ4n) is 3.05. The van der Waals surface area contributed by atoms with Crippen LogP contribution in [0.25, 0.3) is 5.32 Å². The van der Waals surface area contributed by atoms with Crippen LogP contribution < -0.4 is 0 Å². The van der Waals surface area contributed by atoms with Crippen molar-refractivity contribution in [2.24, 2.45) is 0 Å². The Bertz CT molecular complexity index is 254. The van der Waals surface area contributed by atoms with Crippen molar-refractivity contribution in [1.29, 1.82) is 0 Å². The molecule has 0 saturated carbocycles. The third-order valence-electron chi connectivity index (χ3n) is 4.01. The Labute approximate surface area is 161 Å². The van der Waals surface area contributed by atoms with Crippen LogP contribution in [0.2, 0.25) is 0 Å². The third-order valence-corrected chi connectivity index (χ3v) is 4.01. The summed E-state index contributed by atoms with van der Waals surface area (Å²) in [7, 11) is 5.62. The van der Waals surface area contributed by atoms with Crippen LogP contribution in [0.15, 0.2) is 0 Å². The number of hydroxylamine groups is 2. The Hall–Kier alpha value is 0.834. The molecule has 0 bridgehead atoms. The van der Waals surface area contributed by atoms with Crippen molar-refractivity contribution in [3.63, 3.8) is 0 Å². The van der Waals surface area contributed by atoms with Gasteiger partial charge in [0.25, 0.3) is 0 Å². The van der Waals surface area contributed by atoms with E-state index < -0.39 is 0 Å². The Balaban J connectivity index is 0. The maximum absolute atomic E-state index is 12.6. The summed E-state index contributed by atoms with van der Waals surface area (Å²) in [6.07, 6.45) is 1.88. The summed E-state index contributed by atoms with van der Waals surface area (Å²) in [6, 6.07) is 0. The predicted octanol–water partition coefficient (Wildman–Crippen LogP) is 2.07. The number of rotatable bonds is 2. The second-order valence-corrected chi connectivity index (χ2v) is 5.54. The molecule has 1 radical (unpaired) electrons. The van der Waals surface area contributed by atoms with Gasteiger partial charge in [-0.05, 0) is 19.9 Å². The van der Waals surface area contributed by atoms with Gasteiger partial charge in [0.15, 0.2) is 0 Å². The summed E-state index contributed by atoms with van der Waals surface area (Å²) in [4.78, 5) is 4.61. The number of piperazine rings is 1. The van der Waals surface area contributed by atoms with Crippen LogP contribution in [-0.4, -0.2) is 92.7 Å². The molecule has 0 aromatic heterocycles. The van der Waals surface area contributed by atoms with Gasteiger partial charge in [0.2, 0.25) is 0 Å². The molecular formula is C15H34FN4OY-. The van der Waals surface area contributed by atoms with Crippen molar-refractivity contribution in [2.45, 2.75) is 32.2 Å². The number of halogens is 1. The van der Waals surface area contributed by atoms with Crippen molar-refractivity contribution in [2.75, 3.05) is 67.1 Å². The smallest absolute Gasteiger partial charge is 0.102 e. The first kappa shape index (κ1) is 25.1. The van der Waals surface area contributed by atoms with E-state index in [1.165, 1.54) is 5.06 Å². The molecule has 0 aromatic rings. The first-order chi connectivity index (χ1) is 10.1. The third kappa shape index (κ3) is 8.09. The number of alkyl halides is 1. The van der Waals surface area contributed by atoms with Crippen molar-refractivity contribution in [1.82, 2.24) is 14.9 Å². The summed E-state index contributed by atoms with van der Waals surface area (Å²) in [5, 5.41) is 14.3. The molecule has 1 N–H and O–H groups in total. The molecule has 22 heavy (non-hydrogen) atoms. The second kappa shape index (κ2) is 14.2. The predicted molar refractivity (Wildman–Crippen MR) is 86.9 cm³/mol. The van der Waals surface area contributed by atoms with E-state index in [1.54, 1.807) is 14.1 Å². The average Bonchev–Trinajstić information content (AvgIpc) is 2.48. The second-order valence-electron chi connectivity index (χ2n) is 5.54. The van der Waals surface area contributed by atoms with Gasteiger partial charge < -0.3 is 15.4 Å². The van der Waals surface area contributed by atoms with Gasteiger partial charge in [-0.1, -0.05) is 13.8 Å². The van der Waals surface area contributed by atoms with Gasteiger partial charge in [0.1, 0.15) is 6.67 Å². The molecule has 2 fully saturated rings. The van der Waals surface area contributed by atoms with E-state index in [-0.39, 0.29) is 44.9 Å². The van der Waals surface area contributed by atoms with E-state index in [0.717, 1.165) is 32.5 Å². The monoisotopic (exact) mass is 394 g/mol. The molecule has 2 rings (SSSR count). The molecular weight excluding hydrogens is 360 g/mol. The molecule has 2 aliphatic heterocycles. The van der Waals surface area contributed by atoms with Gasteiger partial charge in [-0.3, -0.25) is 4.90 Å². The summed E-state index contributed by atoms with van der Waals surface area (Å²) in [5.74, 6) is 0. The van der Waals surface area contributed by atoms with E-state index in [1.807, 2.05) is 13.8 Å². The number of nitrogens with zero attached hydrogens (tertiary/aromatic N) is 4. The standard InChI is InChI=1S/C11H22FN3O.C2H6N.C2H6.Y/c1-13-8-9-14(7-4-12)11(10-13)2-5-15(16)6-3-11;1-3-2;1-2;/h16H,2-10H2,1H3;1-2H3;1-2H3;/q;-1;;. The minimum Gasteiger partial charge on any atom is -0.668 e. The Kier molecular flexibility index (Phi) is 16.2. The first-order valence-electron chi connectivity index (χ1n) is 7.99. The van der Waals surface area contributed by atoms with Gasteiger partial charge in [-0.25, -0.2) is 4.39 Å². The van der Waals surface area contributed by atoms with Crippen molar-refractivity contribution in [3.05, 3.63) is 5.32 Å². The first-order valence-corrected chi connectivity index (χ1v) is 7.99. The summed E-state index contributed by atoms with van der Waals surface area (Å²) >= 11 is 0. The quantitative estimate of drug-likeness (QED) is 0.779. The normalized spacial score (nSPS) is 22.0. The number of piperidine rings is 1. The van der Waals surface area contributed by atoms with Crippen LogP contribution in [-0.2, 0) is 32.7 Å². The maximum atomic E-state index is 12.6. The van der Waals surface area contributed by atoms with Crippen LogP contribution in [0, 0.1) is 0 Å². The van der Waals surface area contributed by atoms with Crippen LogP contribution in [0.5, 0.6) is 0 Å². The van der Waals surface area contributed by atoms with Crippen molar-refractivity contribution >= 4 is 0 Å². The van der Waals surface area contributed by atoms with Gasteiger partial charge in [-0.2, -0.15) is 19.2 Å². The molecule has 0 aromatic carbocycles. The topological polar surface area (TPSA) is 44.1 Å². The zero-order chi connectivity index (χ0) is 16.3. The van der Waals surface area contributed by atoms with Crippen molar-refractivity contribution < 1.29 is 42.3 Å². The Morgan fingerprint density at radius 2 is 1.59 bits per heavy atom. The fraction of sp³-hybridized carbons (Fsp3) is 1.00. The van der Waals surface area contributed by atoms with E-state index in [2.05, 4.69) is 22.2 Å². The van der Waals surface area contributed by atoms with E-state index in [0.29, 0.717) is 19.6 Å². The Morgan fingerprint density at radius 3 is 2.05 bits per heavy atom. The summed E-state index contributed by atoms with van der Waals surface area (Å²) in [6.45, 7) is 8.65. The number of hydrogen-bond donors (Lipinski definition) is 1. The molecule has 2 heterocycles. The molecule has 131 valence electrons. The van der Waals surface area contributed by atoms with Crippen LogP contribution in [0.4, 0.5) is 4.39 Å².